The fourth-order valence-corrected chi connectivity index (χ4v) is 4.08. The van der Waals surface area contributed by atoms with Gasteiger partial charge in [0.25, 0.3) is 0 Å². The molecule has 0 spiro atoms. The first-order valence-electron chi connectivity index (χ1n) is 6.61. The molecule has 1 N–H and O–H groups in total. The van der Waals surface area contributed by atoms with Crippen molar-refractivity contribution in [1.29, 1.82) is 0 Å². The minimum Gasteiger partial charge on any atom is -0.356 e. The molecule has 1 fully saturated rings. The maximum Gasteiger partial charge on any atom is 0.152 e. The summed E-state index contributed by atoms with van der Waals surface area (Å²) < 4.78 is 23.1. The lowest BCUT2D eigenvalue weighted by Crippen LogP contribution is -2.33. The highest BCUT2D eigenvalue weighted by Gasteiger charge is 2.31. The van der Waals surface area contributed by atoms with Crippen molar-refractivity contribution in [2.45, 2.75) is 25.9 Å². The van der Waals surface area contributed by atoms with E-state index >= 15 is 0 Å². The molecule has 106 valence electrons. The summed E-state index contributed by atoms with van der Waals surface area (Å²) >= 11 is 0. The van der Waals surface area contributed by atoms with Crippen molar-refractivity contribution in [3.05, 3.63) is 23.9 Å². The zero-order chi connectivity index (χ0) is 13.9. The smallest absolute Gasteiger partial charge is 0.152 e. The number of sulfone groups is 1. The predicted octanol–water partition coefficient (Wildman–Crippen LogP) is 0.814. The Morgan fingerprint density at radius 3 is 2.95 bits per heavy atom. The maximum absolute atomic E-state index is 11.5. The lowest BCUT2D eigenvalue weighted by molar-refractivity contribution is 0.600. The van der Waals surface area contributed by atoms with E-state index in [0.717, 1.165) is 18.9 Å². The normalized spacial score (nSPS) is 21.5. The number of nitrogens with one attached hydrogen (secondary N) is 1. The van der Waals surface area contributed by atoms with Crippen LogP contribution in [-0.4, -0.2) is 44.5 Å². The van der Waals surface area contributed by atoms with Crippen LogP contribution < -0.4 is 10.2 Å². The molecule has 1 aromatic rings. The highest BCUT2D eigenvalue weighted by atomic mass is 32.2. The molecule has 0 bridgehead atoms. The van der Waals surface area contributed by atoms with Crippen LogP contribution in [0.3, 0.4) is 0 Å². The van der Waals surface area contributed by atoms with E-state index in [-0.39, 0.29) is 11.8 Å². The molecule has 0 saturated carbocycles. The van der Waals surface area contributed by atoms with Gasteiger partial charge >= 0.3 is 0 Å². The summed E-state index contributed by atoms with van der Waals surface area (Å²) in [4.78, 5) is 6.33. The van der Waals surface area contributed by atoms with Crippen molar-refractivity contribution < 1.29 is 8.42 Å². The van der Waals surface area contributed by atoms with Gasteiger partial charge in [-0.05, 0) is 30.7 Å². The van der Waals surface area contributed by atoms with Crippen molar-refractivity contribution in [3.8, 4) is 0 Å². The standard InChI is InChI=1S/C13H21N3O2S/c1-3-14-9-11-4-6-15-13(8-11)16(2)12-5-7-19(17,18)10-12/h4,6,8,12,14H,3,5,7,9-10H2,1-2H3. The molecule has 2 rings (SSSR count). The van der Waals surface area contributed by atoms with Gasteiger partial charge in [-0.2, -0.15) is 0 Å². The molecule has 2 heterocycles. The minimum absolute atomic E-state index is 0.0480. The molecular formula is C13H21N3O2S. The molecule has 0 aromatic carbocycles. The second-order valence-electron chi connectivity index (χ2n) is 4.97. The lowest BCUT2D eigenvalue weighted by Gasteiger charge is -2.24. The van der Waals surface area contributed by atoms with Crippen LogP contribution in [0.2, 0.25) is 0 Å². The average Bonchev–Trinajstić information content (AvgIpc) is 2.76. The molecule has 1 aliphatic rings. The summed E-state index contributed by atoms with van der Waals surface area (Å²) in [5, 5.41) is 3.27. The quantitative estimate of drug-likeness (QED) is 0.866. The molecule has 0 aliphatic carbocycles. The van der Waals surface area contributed by atoms with Crippen LogP contribution in [0.25, 0.3) is 0 Å². The molecule has 5 nitrogen and oxygen atoms in total. The summed E-state index contributed by atoms with van der Waals surface area (Å²) in [5.74, 6) is 1.37. The first kappa shape index (κ1) is 14.3. The molecule has 0 radical (unpaired) electrons. The van der Waals surface area contributed by atoms with Gasteiger partial charge in [0.15, 0.2) is 9.84 Å². The van der Waals surface area contributed by atoms with Gasteiger partial charge in [0, 0.05) is 25.8 Å². The SMILES string of the molecule is CCNCc1ccnc(N(C)C2CCS(=O)(=O)C2)c1. The molecule has 1 saturated heterocycles. The van der Waals surface area contributed by atoms with Crippen molar-refractivity contribution in [2.75, 3.05) is 30.0 Å². The van der Waals surface area contributed by atoms with E-state index in [2.05, 4.69) is 17.2 Å². The number of hydrogen-bond acceptors (Lipinski definition) is 5. The average molecular weight is 283 g/mol. The maximum atomic E-state index is 11.5. The van der Waals surface area contributed by atoms with Gasteiger partial charge in [-0.25, -0.2) is 13.4 Å². The topological polar surface area (TPSA) is 62.3 Å². The molecule has 19 heavy (non-hydrogen) atoms. The van der Waals surface area contributed by atoms with Gasteiger partial charge in [-0.3, -0.25) is 0 Å². The zero-order valence-electron chi connectivity index (χ0n) is 11.5. The Labute approximate surface area is 114 Å². The third-order valence-electron chi connectivity index (χ3n) is 3.51. The summed E-state index contributed by atoms with van der Waals surface area (Å²) in [7, 11) is -0.933. The number of pyridine rings is 1. The summed E-state index contributed by atoms with van der Waals surface area (Å²) in [5.41, 5.74) is 1.17. The fourth-order valence-electron chi connectivity index (χ4n) is 2.30. The van der Waals surface area contributed by atoms with Crippen LogP contribution in [0.5, 0.6) is 0 Å². The molecule has 1 unspecified atom stereocenters. The number of rotatable bonds is 5. The van der Waals surface area contributed by atoms with Gasteiger partial charge < -0.3 is 10.2 Å². The molecule has 1 atom stereocenters. The van der Waals surface area contributed by atoms with Crippen LogP contribution in [0.15, 0.2) is 18.3 Å². The number of anilines is 1. The van der Waals surface area contributed by atoms with Crippen molar-refractivity contribution in [2.24, 2.45) is 0 Å². The Hall–Kier alpha value is -1.14. The highest BCUT2D eigenvalue weighted by molar-refractivity contribution is 7.91. The van der Waals surface area contributed by atoms with Crippen LogP contribution in [0, 0.1) is 0 Å². The van der Waals surface area contributed by atoms with Gasteiger partial charge in [-0.15, -0.1) is 0 Å². The zero-order valence-corrected chi connectivity index (χ0v) is 12.3. The lowest BCUT2D eigenvalue weighted by atomic mass is 10.2. The van der Waals surface area contributed by atoms with Crippen molar-refractivity contribution in [1.82, 2.24) is 10.3 Å². The second-order valence-corrected chi connectivity index (χ2v) is 7.20. The Morgan fingerprint density at radius 2 is 2.32 bits per heavy atom. The van der Waals surface area contributed by atoms with Gasteiger partial charge in [-0.1, -0.05) is 6.92 Å². The molecule has 6 heteroatoms. The number of hydrogen-bond donors (Lipinski definition) is 1. The highest BCUT2D eigenvalue weighted by Crippen LogP contribution is 2.21. The fraction of sp³-hybridized carbons (Fsp3) is 0.615. The predicted molar refractivity (Wildman–Crippen MR) is 77.1 cm³/mol. The van der Waals surface area contributed by atoms with Gasteiger partial charge in [0.1, 0.15) is 5.82 Å². The first-order chi connectivity index (χ1) is 9.02. The molecule has 1 aliphatic heterocycles. The van der Waals surface area contributed by atoms with E-state index in [1.165, 1.54) is 5.56 Å². The van der Waals surface area contributed by atoms with E-state index in [4.69, 9.17) is 0 Å². The van der Waals surface area contributed by atoms with E-state index in [1.807, 2.05) is 24.1 Å². The van der Waals surface area contributed by atoms with Crippen LogP contribution in [0.1, 0.15) is 18.9 Å². The Balaban J connectivity index is 2.08. The number of aromatic nitrogens is 1. The van der Waals surface area contributed by atoms with Crippen molar-refractivity contribution in [3.63, 3.8) is 0 Å². The number of nitrogens with zero attached hydrogens (tertiary/aromatic N) is 2. The Morgan fingerprint density at radius 1 is 1.53 bits per heavy atom. The largest absolute Gasteiger partial charge is 0.356 e. The van der Waals surface area contributed by atoms with Gasteiger partial charge in [0.05, 0.1) is 11.5 Å². The van der Waals surface area contributed by atoms with E-state index in [1.54, 1.807) is 6.20 Å². The van der Waals surface area contributed by atoms with Gasteiger partial charge in [0.2, 0.25) is 0 Å². The Kier molecular flexibility index (Phi) is 4.42. The van der Waals surface area contributed by atoms with Crippen LogP contribution in [-0.2, 0) is 16.4 Å². The van der Waals surface area contributed by atoms with Crippen LogP contribution >= 0.6 is 0 Å². The van der Waals surface area contributed by atoms with E-state index < -0.39 is 9.84 Å². The Bertz CT molecular complexity index is 530. The summed E-state index contributed by atoms with van der Waals surface area (Å²) in [6.07, 6.45) is 2.47. The summed E-state index contributed by atoms with van der Waals surface area (Å²) in [6.45, 7) is 3.80. The monoisotopic (exact) mass is 283 g/mol. The van der Waals surface area contributed by atoms with E-state index in [0.29, 0.717) is 12.2 Å². The van der Waals surface area contributed by atoms with Crippen LogP contribution in [0.4, 0.5) is 5.82 Å². The minimum atomic E-state index is -2.85. The third-order valence-corrected chi connectivity index (χ3v) is 5.26. The second kappa shape index (κ2) is 5.88. The molecule has 0 amide bonds. The first-order valence-corrected chi connectivity index (χ1v) is 8.43. The molecule has 1 aromatic heterocycles. The van der Waals surface area contributed by atoms with E-state index in [9.17, 15) is 8.42 Å². The third kappa shape index (κ3) is 3.67. The molecular weight excluding hydrogens is 262 g/mol. The van der Waals surface area contributed by atoms with Crippen molar-refractivity contribution >= 4 is 15.7 Å². The summed E-state index contributed by atoms with van der Waals surface area (Å²) in [6, 6.07) is 4.05.